The quantitative estimate of drug-likeness (QED) is 0.688. The molecule has 1 amide bonds. The predicted octanol–water partition coefficient (Wildman–Crippen LogP) is 4.18. The van der Waals surface area contributed by atoms with E-state index in [0.717, 1.165) is 11.1 Å². The zero-order valence-corrected chi connectivity index (χ0v) is 14.8. The molecule has 0 saturated heterocycles. The van der Waals surface area contributed by atoms with Crippen molar-refractivity contribution in [3.63, 3.8) is 0 Å². The predicted molar refractivity (Wildman–Crippen MR) is 101 cm³/mol. The molecule has 0 aliphatic carbocycles. The van der Waals surface area contributed by atoms with Crippen molar-refractivity contribution in [2.24, 2.45) is 0 Å². The second-order valence-corrected chi connectivity index (χ2v) is 6.24. The smallest absolute Gasteiger partial charge is 0.258 e. The number of anilines is 1. The Bertz CT molecular complexity index is 938. The van der Waals surface area contributed by atoms with Crippen LogP contribution in [0.5, 0.6) is 0 Å². The van der Waals surface area contributed by atoms with Gasteiger partial charge in [-0.1, -0.05) is 29.8 Å². The molecule has 26 heavy (non-hydrogen) atoms. The molecule has 0 fully saturated rings. The van der Waals surface area contributed by atoms with E-state index in [0.29, 0.717) is 28.5 Å². The number of carbonyl (C=O) groups excluding carboxylic acids is 2. The van der Waals surface area contributed by atoms with Gasteiger partial charge in [0, 0.05) is 24.3 Å². The summed E-state index contributed by atoms with van der Waals surface area (Å²) in [4.78, 5) is 31.7. The summed E-state index contributed by atoms with van der Waals surface area (Å²) in [5.74, 6) is -0.0305. The Balaban J connectivity index is 1.65. The van der Waals surface area contributed by atoms with Gasteiger partial charge in [0.05, 0.1) is 5.56 Å². The van der Waals surface area contributed by atoms with Crippen molar-refractivity contribution in [1.29, 1.82) is 0 Å². The molecule has 0 aliphatic heterocycles. The Kier molecular flexibility index (Phi) is 5.39. The van der Waals surface area contributed by atoms with Crippen LogP contribution < -0.4 is 5.32 Å². The zero-order valence-electron chi connectivity index (χ0n) is 14.1. The van der Waals surface area contributed by atoms with E-state index >= 15 is 0 Å². The topological polar surface area (TPSA) is 72.0 Å². The monoisotopic (exact) mass is 365 g/mol. The van der Waals surface area contributed by atoms with Gasteiger partial charge in [-0.3, -0.25) is 14.6 Å². The molecule has 1 aromatic carbocycles. The van der Waals surface area contributed by atoms with E-state index in [-0.39, 0.29) is 11.7 Å². The number of hydrogen-bond acceptors (Lipinski definition) is 4. The molecule has 0 saturated carbocycles. The Morgan fingerprint density at radius 2 is 1.85 bits per heavy atom. The van der Waals surface area contributed by atoms with Gasteiger partial charge in [-0.15, -0.1) is 0 Å². The van der Waals surface area contributed by atoms with E-state index in [1.165, 1.54) is 19.2 Å². The molecular formula is C20H16ClN3O2. The summed E-state index contributed by atoms with van der Waals surface area (Å²) in [7, 11) is 0. The van der Waals surface area contributed by atoms with E-state index in [1.54, 1.807) is 18.3 Å². The minimum Gasteiger partial charge on any atom is -0.307 e. The van der Waals surface area contributed by atoms with Crippen LogP contribution >= 0.6 is 11.6 Å². The lowest BCUT2D eigenvalue weighted by molar-refractivity contribution is 0.100. The number of pyridine rings is 2. The number of rotatable bonds is 5. The van der Waals surface area contributed by atoms with Crippen LogP contribution in [0, 0.1) is 0 Å². The Morgan fingerprint density at radius 3 is 2.46 bits per heavy atom. The maximum Gasteiger partial charge on any atom is 0.258 e. The zero-order chi connectivity index (χ0) is 18.5. The molecule has 0 atom stereocenters. The molecule has 5 nitrogen and oxygen atoms in total. The molecule has 0 spiro atoms. The fraction of sp³-hybridized carbons (Fsp3) is 0.100. The summed E-state index contributed by atoms with van der Waals surface area (Å²) in [6.07, 6.45) is 3.80. The standard InChI is InChI=1S/C20H16ClN3O2/c1-13(25)18-7-6-16(12-22-18)20(26)24-19-8-5-15(11-23-19)9-14-3-2-4-17(21)10-14/h2-8,10-12H,9H2,1H3,(H,23,24,26). The summed E-state index contributed by atoms with van der Waals surface area (Å²) in [6, 6.07) is 14.4. The summed E-state index contributed by atoms with van der Waals surface area (Å²) in [5.41, 5.74) is 2.79. The van der Waals surface area contributed by atoms with E-state index < -0.39 is 0 Å². The number of amides is 1. The number of aromatic nitrogens is 2. The van der Waals surface area contributed by atoms with Gasteiger partial charge in [0.25, 0.3) is 5.91 Å². The van der Waals surface area contributed by atoms with Crippen LogP contribution in [0.25, 0.3) is 0 Å². The van der Waals surface area contributed by atoms with E-state index in [4.69, 9.17) is 11.6 Å². The second-order valence-electron chi connectivity index (χ2n) is 5.80. The van der Waals surface area contributed by atoms with E-state index in [1.807, 2.05) is 30.3 Å². The molecule has 6 heteroatoms. The molecule has 2 aromatic heterocycles. The lowest BCUT2D eigenvalue weighted by Gasteiger charge is -2.06. The highest BCUT2D eigenvalue weighted by atomic mass is 35.5. The maximum atomic E-state index is 12.2. The third kappa shape index (κ3) is 4.52. The van der Waals surface area contributed by atoms with Gasteiger partial charge in [0.1, 0.15) is 11.5 Å². The van der Waals surface area contributed by atoms with Crippen molar-refractivity contribution in [3.8, 4) is 0 Å². The van der Waals surface area contributed by atoms with Crippen LogP contribution in [0.1, 0.15) is 38.9 Å². The Labute approximate surface area is 156 Å². The van der Waals surface area contributed by atoms with Gasteiger partial charge in [-0.05, 0) is 47.9 Å². The molecule has 0 bridgehead atoms. The van der Waals surface area contributed by atoms with E-state index in [2.05, 4.69) is 15.3 Å². The second kappa shape index (κ2) is 7.89. The van der Waals surface area contributed by atoms with Gasteiger partial charge < -0.3 is 5.32 Å². The number of ketones is 1. The summed E-state index contributed by atoms with van der Waals surface area (Å²) < 4.78 is 0. The van der Waals surface area contributed by atoms with Crippen LogP contribution in [0.2, 0.25) is 5.02 Å². The molecule has 130 valence electrons. The highest BCUT2D eigenvalue weighted by Gasteiger charge is 2.09. The van der Waals surface area contributed by atoms with Gasteiger partial charge in [-0.25, -0.2) is 4.98 Å². The third-order valence-electron chi connectivity index (χ3n) is 3.75. The average Bonchev–Trinajstić information content (AvgIpc) is 2.63. The first-order valence-electron chi connectivity index (χ1n) is 7.99. The van der Waals surface area contributed by atoms with Crippen LogP contribution in [0.15, 0.2) is 60.9 Å². The molecule has 3 rings (SSSR count). The largest absolute Gasteiger partial charge is 0.307 e. The van der Waals surface area contributed by atoms with Gasteiger partial charge in [0.2, 0.25) is 0 Å². The fourth-order valence-electron chi connectivity index (χ4n) is 2.41. The van der Waals surface area contributed by atoms with Crippen LogP contribution in [-0.2, 0) is 6.42 Å². The number of benzene rings is 1. The first-order valence-corrected chi connectivity index (χ1v) is 8.37. The molecule has 2 heterocycles. The molecule has 0 aliphatic rings. The Morgan fingerprint density at radius 1 is 1.00 bits per heavy atom. The molecule has 1 N–H and O–H groups in total. The highest BCUT2D eigenvalue weighted by Crippen LogP contribution is 2.15. The minimum atomic E-state index is -0.331. The third-order valence-corrected chi connectivity index (χ3v) is 3.99. The molecule has 0 radical (unpaired) electrons. The van der Waals surface area contributed by atoms with Crippen molar-refractivity contribution < 1.29 is 9.59 Å². The normalized spacial score (nSPS) is 10.4. The SMILES string of the molecule is CC(=O)c1ccc(C(=O)Nc2ccc(Cc3cccc(Cl)c3)cn2)cn1. The number of carbonyl (C=O) groups is 2. The Hall–Kier alpha value is -3.05. The first-order chi connectivity index (χ1) is 12.5. The summed E-state index contributed by atoms with van der Waals surface area (Å²) >= 11 is 5.99. The number of halogens is 1. The first kappa shape index (κ1) is 17.8. The van der Waals surface area contributed by atoms with Gasteiger partial charge in [-0.2, -0.15) is 0 Å². The van der Waals surface area contributed by atoms with Crippen molar-refractivity contribution in [2.75, 3.05) is 5.32 Å². The van der Waals surface area contributed by atoms with Crippen LogP contribution in [0.4, 0.5) is 5.82 Å². The lowest BCUT2D eigenvalue weighted by atomic mass is 10.1. The van der Waals surface area contributed by atoms with Crippen molar-refractivity contribution >= 4 is 29.1 Å². The summed E-state index contributed by atoms with van der Waals surface area (Å²) in [5, 5.41) is 3.41. The molecule has 3 aromatic rings. The van der Waals surface area contributed by atoms with Crippen molar-refractivity contribution in [3.05, 3.63) is 88.3 Å². The molecular weight excluding hydrogens is 350 g/mol. The number of hydrogen-bond donors (Lipinski definition) is 1. The van der Waals surface area contributed by atoms with Crippen LogP contribution in [0.3, 0.4) is 0 Å². The summed E-state index contributed by atoms with van der Waals surface area (Å²) in [6.45, 7) is 1.43. The van der Waals surface area contributed by atoms with Gasteiger partial charge in [0.15, 0.2) is 5.78 Å². The average molecular weight is 366 g/mol. The van der Waals surface area contributed by atoms with Crippen molar-refractivity contribution in [2.45, 2.75) is 13.3 Å². The highest BCUT2D eigenvalue weighted by molar-refractivity contribution is 6.30. The fourth-order valence-corrected chi connectivity index (χ4v) is 2.62. The van der Waals surface area contributed by atoms with Crippen LogP contribution in [-0.4, -0.2) is 21.7 Å². The van der Waals surface area contributed by atoms with Crippen molar-refractivity contribution in [1.82, 2.24) is 9.97 Å². The number of Topliss-reactive ketones (excluding diaryl/α,β-unsaturated/α-hetero) is 1. The van der Waals surface area contributed by atoms with E-state index in [9.17, 15) is 9.59 Å². The number of nitrogens with zero attached hydrogens (tertiary/aromatic N) is 2. The van der Waals surface area contributed by atoms with Gasteiger partial charge >= 0.3 is 0 Å². The number of nitrogens with one attached hydrogen (secondary N) is 1. The lowest BCUT2D eigenvalue weighted by Crippen LogP contribution is -2.13. The molecule has 0 unspecified atom stereocenters. The maximum absolute atomic E-state index is 12.2. The minimum absolute atomic E-state index is 0.145.